The highest BCUT2D eigenvalue weighted by atomic mass is 16.5. The molecule has 0 radical (unpaired) electrons. The number of fused-ring (bicyclic) bond motifs is 1. The number of ether oxygens (including phenoxy) is 2. The standard InChI is InChI=1S/C19H30N2O3/c1-5-16-13-21(9-8-20-19(22)10-14(2)3)12-15-11-17(23-4)6-7-18(15)24-16/h6-7,11,14,16H,5,8-10,12-13H2,1-4H3,(H,20,22)/t16-/m1/s1. The second-order valence-electron chi connectivity index (χ2n) is 6.80. The number of methoxy groups -OCH3 is 1. The molecule has 1 aromatic rings. The van der Waals surface area contributed by atoms with E-state index < -0.39 is 0 Å². The Morgan fingerprint density at radius 1 is 1.46 bits per heavy atom. The number of carbonyl (C=O) groups is 1. The molecule has 0 bridgehead atoms. The molecule has 1 aliphatic heterocycles. The van der Waals surface area contributed by atoms with Crippen LogP contribution in [0, 0.1) is 5.92 Å². The van der Waals surface area contributed by atoms with Crippen LogP contribution in [0.4, 0.5) is 0 Å². The molecule has 5 heteroatoms. The van der Waals surface area contributed by atoms with Crippen molar-refractivity contribution >= 4 is 5.91 Å². The number of amides is 1. The van der Waals surface area contributed by atoms with E-state index in [1.807, 2.05) is 18.2 Å². The lowest BCUT2D eigenvalue weighted by Crippen LogP contribution is -2.38. The van der Waals surface area contributed by atoms with Gasteiger partial charge in [-0.15, -0.1) is 0 Å². The van der Waals surface area contributed by atoms with E-state index in [9.17, 15) is 4.79 Å². The van der Waals surface area contributed by atoms with E-state index in [2.05, 4.69) is 31.0 Å². The van der Waals surface area contributed by atoms with Gasteiger partial charge in [0.1, 0.15) is 17.6 Å². The minimum absolute atomic E-state index is 0.130. The van der Waals surface area contributed by atoms with E-state index in [0.717, 1.165) is 43.1 Å². The zero-order valence-corrected chi connectivity index (χ0v) is 15.3. The van der Waals surface area contributed by atoms with Crippen LogP contribution >= 0.6 is 0 Å². The van der Waals surface area contributed by atoms with E-state index in [1.165, 1.54) is 0 Å². The molecule has 1 heterocycles. The van der Waals surface area contributed by atoms with Crippen LogP contribution in [0.25, 0.3) is 0 Å². The fraction of sp³-hybridized carbons (Fsp3) is 0.632. The van der Waals surface area contributed by atoms with Crippen LogP contribution in [0.3, 0.4) is 0 Å². The summed E-state index contributed by atoms with van der Waals surface area (Å²) in [7, 11) is 1.68. The van der Waals surface area contributed by atoms with Gasteiger partial charge in [-0.25, -0.2) is 0 Å². The molecule has 1 aromatic carbocycles. The summed E-state index contributed by atoms with van der Waals surface area (Å²) < 4.78 is 11.5. The van der Waals surface area contributed by atoms with Gasteiger partial charge in [0.2, 0.25) is 5.91 Å². The van der Waals surface area contributed by atoms with Crippen molar-refractivity contribution in [3.8, 4) is 11.5 Å². The summed E-state index contributed by atoms with van der Waals surface area (Å²) in [6.07, 6.45) is 1.72. The van der Waals surface area contributed by atoms with Crippen LogP contribution in [0.15, 0.2) is 18.2 Å². The molecular formula is C19H30N2O3. The van der Waals surface area contributed by atoms with Gasteiger partial charge in [-0.2, -0.15) is 0 Å². The first-order chi connectivity index (χ1) is 11.5. The highest BCUT2D eigenvalue weighted by molar-refractivity contribution is 5.76. The number of rotatable bonds is 7. The summed E-state index contributed by atoms with van der Waals surface area (Å²) in [5, 5.41) is 3.01. The smallest absolute Gasteiger partial charge is 0.220 e. The first-order valence-corrected chi connectivity index (χ1v) is 8.84. The molecule has 0 saturated carbocycles. The molecule has 2 rings (SSSR count). The average molecular weight is 334 g/mol. The van der Waals surface area contributed by atoms with Gasteiger partial charge in [0.25, 0.3) is 0 Å². The van der Waals surface area contributed by atoms with E-state index in [1.54, 1.807) is 7.11 Å². The number of carbonyl (C=O) groups excluding carboxylic acids is 1. The molecule has 0 fully saturated rings. The van der Waals surface area contributed by atoms with Crippen molar-refractivity contribution in [2.45, 2.75) is 46.3 Å². The van der Waals surface area contributed by atoms with Crippen molar-refractivity contribution in [1.82, 2.24) is 10.2 Å². The van der Waals surface area contributed by atoms with Gasteiger partial charge < -0.3 is 14.8 Å². The molecule has 0 aliphatic carbocycles. The Bertz CT molecular complexity index is 545. The summed E-state index contributed by atoms with van der Waals surface area (Å²) in [6.45, 7) is 9.42. The Hall–Kier alpha value is -1.75. The van der Waals surface area contributed by atoms with Crippen LogP contribution in [-0.4, -0.2) is 43.7 Å². The van der Waals surface area contributed by atoms with Gasteiger partial charge in [-0.3, -0.25) is 9.69 Å². The fourth-order valence-electron chi connectivity index (χ4n) is 2.91. The van der Waals surface area contributed by atoms with Gasteiger partial charge in [0.15, 0.2) is 0 Å². The molecule has 5 nitrogen and oxygen atoms in total. The van der Waals surface area contributed by atoms with Gasteiger partial charge in [-0.1, -0.05) is 20.8 Å². The maximum absolute atomic E-state index is 11.8. The van der Waals surface area contributed by atoms with E-state index >= 15 is 0 Å². The Morgan fingerprint density at radius 2 is 2.25 bits per heavy atom. The zero-order valence-electron chi connectivity index (χ0n) is 15.3. The molecule has 1 atom stereocenters. The summed E-state index contributed by atoms with van der Waals surface area (Å²) in [6, 6.07) is 5.97. The summed E-state index contributed by atoms with van der Waals surface area (Å²) >= 11 is 0. The minimum Gasteiger partial charge on any atom is -0.497 e. The summed E-state index contributed by atoms with van der Waals surface area (Å²) in [5.74, 6) is 2.30. The highest BCUT2D eigenvalue weighted by Gasteiger charge is 2.22. The van der Waals surface area contributed by atoms with E-state index in [4.69, 9.17) is 9.47 Å². The van der Waals surface area contributed by atoms with Crippen molar-refractivity contribution in [2.24, 2.45) is 5.92 Å². The zero-order chi connectivity index (χ0) is 17.5. The van der Waals surface area contributed by atoms with Gasteiger partial charge >= 0.3 is 0 Å². The summed E-state index contributed by atoms with van der Waals surface area (Å²) in [4.78, 5) is 14.1. The number of benzene rings is 1. The maximum Gasteiger partial charge on any atom is 0.220 e. The third-order valence-electron chi connectivity index (χ3n) is 4.22. The Kier molecular flexibility index (Phi) is 6.91. The Morgan fingerprint density at radius 3 is 2.92 bits per heavy atom. The van der Waals surface area contributed by atoms with Crippen molar-refractivity contribution in [2.75, 3.05) is 26.7 Å². The van der Waals surface area contributed by atoms with Crippen molar-refractivity contribution < 1.29 is 14.3 Å². The fourth-order valence-corrected chi connectivity index (χ4v) is 2.91. The highest BCUT2D eigenvalue weighted by Crippen LogP contribution is 2.29. The quantitative estimate of drug-likeness (QED) is 0.833. The molecular weight excluding hydrogens is 304 g/mol. The maximum atomic E-state index is 11.8. The molecule has 0 aromatic heterocycles. The molecule has 1 N–H and O–H groups in total. The molecule has 1 amide bonds. The second kappa shape index (κ2) is 8.92. The second-order valence-corrected chi connectivity index (χ2v) is 6.80. The van der Waals surface area contributed by atoms with E-state index in [-0.39, 0.29) is 12.0 Å². The average Bonchev–Trinajstić information content (AvgIpc) is 2.71. The summed E-state index contributed by atoms with van der Waals surface area (Å²) in [5.41, 5.74) is 1.14. The van der Waals surface area contributed by atoms with Crippen LogP contribution in [0.5, 0.6) is 11.5 Å². The lowest BCUT2D eigenvalue weighted by atomic mass is 10.1. The number of hydrogen-bond acceptors (Lipinski definition) is 4. The monoisotopic (exact) mass is 334 g/mol. The predicted octanol–water partition coefficient (Wildman–Crippen LogP) is 2.83. The SMILES string of the molecule is CC[C@@H]1CN(CCNC(=O)CC(C)C)Cc2cc(OC)ccc2O1. The number of hydrogen-bond donors (Lipinski definition) is 1. The predicted molar refractivity (Wildman–Crippen MR) is 95.4 cm³/mol. The first-order valence-electron chi connectivity index (χ1n) is 8.84. The van der Waals surface area contributed by atoms with Crippen LogP contribution < -0.4 is 14.8 Å². The molecule has 0 saturated heterocycles. The van der Waals surface area contributed by atoms with Gasteiger partial charge in [0.05, 0.1) is 7.11 Å². The first kappa shape index (κ1) is 18.6. The normalized spacial score (nSPS) is 17.8. The van der Waals surface area contributed by atoms with Crippen LogP contribution in [-0.2, 0) is 11.3 Å². The molecule has 0 unspecified atom stereocenters. The van der Waals surface area contributed by atoms with Crippen LogP contribution in [0.2, 0.25) is 0 Å². The Balaban J connectivity index is 1.97. The Labute approximate surface area is 145 Å². The number of nitrogens with one attached hydrogen (secondary N) is 1. The van der Waals surface area contributed by atoms with Crippen molar-refractivity contribution in [3.05, 3.63) is 23.8 Å². The molecule has 1 aliphatic rings. The van der Waals surface area contributed by atoms with Crippen molar-refractivity contribution in [1.29, 1.82) is 0 Å². The van der Waals surface area contributed by atoms with Crippen molar-refractivity contribution in [3.63, 3.8) is 0 Å². The van der Waals surface area contributed by atoms with Crippen LogP contribution in [0.1, 0.15) is 39.2 Å². The third-order valence-corrected chi connectivity index (χ3v) is 4.22. The lowest BCUT2D eigenvalue weighted by molar-refractivity contribution is -0.121. The molecule has 134 valence electrons. The van der Waals surface area contributed by atoms with E-state index in [0.29, 0.717) is 18.9 Å². The minimum atomic E-state index is 0.130. The number of nitrogens with zero attached hydrogens (tertiary/aromatic N) is 1. The van der Waals surface area contributed by atoms with Gasteiger partial charge in [-0.05, 0) is 30.5 Å². The van der Waals surface area contributed by atoms with Gasteiger partial charge in [0, 0.05) is 38.2 Å². The third kappa shape index (κ3) is 5.41. The topological polar surface area (TPSA) is 50.8 Å². The largest absolute Gasteiger partial charge is 0.497 e. The lowest BCUT2D eigenvalue weighted by Gasteiger charge is -2.23. The molecule has 24 heavy (non-hydrogen) atoms. The molecule has 0 spiro atoms.